The van der Waals surface area contributed by atoms with E-state index in [1.807, 2.05) is 0 Å². The molecule has 2 fully saturated rings. The maximum Gasteiger partial charge on any atom is 0.0366 e. The Morgan fingerprint density at radius 2 is 1.50 bits per heavy atom. The summed E-state index contributed by atoms with van der Waals surface area (Å²) >= 11 is 0. The first kappa shape index (κ1) is 10.4. The van der Waals surface area contributed by atoms with Crippen molar-refractivity contribution in [2.45, 2.75) is 38.6 Å². The molecule has 2 aliphatic rings. The van der Waals surface area contributed by atoms with Gasteiger partial charge in [-0.1, -0.05) is 6.92 Å². The van der Waals surface area contributed by atoms with Crippen molar-refractivity contribution in [3.8, 4) is 0 Å². The lowest BCUT2D eigenvalue weighted by Crippen LogP contribution is -2.50. The molecule has 0 unspecified atom stereocenters. The molecule has 14 heavy (non-hydrogen) atoms. The SMILES string of the molecule is CC1CCC(N2CCN(O)CC2)CC1. The smallest absolute Gasteiger partial charge is 0.0366 e. The van der Waals surface area contributed by atoms with Gasteiger partial charge in [0.2, 0.25) is 0 Å². The van der Waals surface area contributed by atoms with E-state index < -0.39 is 0 Å². The quantitative estimate of drug-likeness (QED) is 0.693. The summed E-state index contributed by atoms with van der Waals surface area (Å²) in [5.74, 6) is 0.936. The van der Waals surface area contributed by atoms with E-state index in [1.54, 1.807) is 0 Å². The van der Waals surface area contributed by atoms with Gasteiger partial charge in [0, 0.05) is 32.2 Å². The molecule has 1 aliphatic carbocycles. The van der Waals surface area contributed by atoms with Gasteiger partial charge in [-0.15, -0.1) is 0 Å². The second-order valence-electron chi connectivity index (χ2n) is 4.90. The molecule has 3 heteroatoms. The van der Waals surface area contributed by atoms with Crippen molar-refractivity contribution >= 4 is 0 Å². The summed E-state index contributed by atoms with van der Waals surface area (Å²) in [6.07, 6.45) is 5.52. The summed E-state index contributed by atoms with van der Waals surface area (Å²) in [6, 6.07) is 0.805. The highest BCUT2D eigenvalue weighted by molar-refractivity contribution is 4.80. The van der Waals surface area contributed by atoms with E-state index >= 15 is 0 Å². The average molecular weight is 198 g/mol. The monoisotopic (exact) mass is 198 g/mol. The van der Waals surface area contributed by atoms with Gasteiger partial charge in [-0.25, -0.2) is 0 Å². The van der Waals surface area contributed by atoms with Crippen LogP contribution in [0.2, 0.25) is 0 Å². The van der Waals surface area contributed by atoms with Gasteiger partial charge in [-0.2, -0.15) is 5.06 Å². The van der Waals surface area contributed by atoms with Crippen molar-refractivity contribution in [3.63, 3.8) is 0 Å². The molecule has 1 N–H and O–H groups in total. The lowest BCUT2D eigenvalue weighted by Gasteiger charge is -2.40. The van der Waals surface area contributed by atoms with Gasteiger partial charge >= 0.3 is 0 Å². The fourth-order valence-corrected chi connectivity index (χ4v) is 2.68. The predicted molar refractivity (Wildman–Crippen MR) is 56.4 cm³/mol. The Labute approximate surface area is 86.6 Å². The Balaban J connectivity index is 1.78. The average Bonchev–Trinajstić information content (AvgIpc) is 2.21. The second kappa shape index (κ2) is 4.60. The molecule has 0 spiro atoms. The Bertz CT molecular complexity index is 150. The van der Waals surface area contributed by atoms with Crippen molar-refractivity contribution < 1.29 is 5.21 Å². The van der Waals surface area contributed by atoms with Crippen LogP contribution in [0.1, 0.15) is 32.6 Å². The third-order valence-electron chi connectivity index (χ3n) is 3.79. The summed E-state index contributed by atoms with van der Waals surface area (Å²) in [5.41, 5.74) is 0. The van der Waals surface area contributed by atoms with Gasteiger partial charge in [-0.3, -0.25) is 4.90 Å². The van der Waals surface area contributed by atoms with E-state index in [-0.39, 0.29) is 0 Å². The van der Waals surface area contributed by atoms with Gasteiger partial charge < -0.3 is 5.21 Å². The van der Waals surface area contributed by atoms with Crippen molar-refractivity contribution in [3.05, 3.63) is 0 Å². The third kappa shape index (κ3) is 2.47. The third-order valence-corrected chi connectivity index (χ3v) is 3.79. The summed E-state index contributed by atoms with van der Waals surface area (Å²) in [5, 5.41) is 10.7. The summed E-state index contributed by atoms with van der Waals surface area (Å²) in [4.78, 5) is 2.57. The van der Waals surface area contributed by atoms with Crippen LogP contribution in [0.4, 0.5) is 0 Å². The minimum Gasteiger partial charge on any atom is -0.314 e. The van der Waals surface area contributed by atoms with Crippen molar-refractivity contribution in [1.29, 1.82) is 0 Å². The molecule has 0 amide bonds. The van der Waals surface area contributed by atoms with Gasteiger partial charge in [0.05, 0.1) is 0 Å². The van der Waals surface area contributed by atoms with Crippen LogP contribution >= 0.6 is 0 Å². The molecule has 0 aromatic carbocycles. The zero-order chi connectivity index (χ0) is 9.97. The van der Waals surface area contributed by atoms with Crippen molar-refractivity contribution in [2.24, 2.45) is 5.92 Å². The highest BCUT2D eigenvalue weighted by Gasteiger charge is 2.26. The van der Waals surface area contributed by atoms with E-state index in [1.165, 1.54) is 30.7 Å². The zero-order valence-electron chi connectivity index (χ0n) is 9.15. The van der Waals surface area contributed by atoms with Crippen LogP contribution in [-0.4, -0.2) is 47.4 Å². The van der Waals surface area contributed by atoms with E-state index in [0.717, 1.165) is 38.1 Å². The van der Waals surface area contributed by atoms with Gasteiger partial charge in [-0.05, 0) is 31.6 Å². The second-order valence-corrected chi connectivity index (χ2v) is 4.90. The van der Waals surface area contributed by atoms with Crippen LogP contribution in [0.15, 0.2) is 0 Å². The molecule has 1 saturated carbocycles. The molecule has 1 aliphatic heterocycles. The molecule has 1 saturated heterocycles. The summed E-state index contributed by atoms with van der Waals surface area (Å²) in [6.45, 7) is 6.12. The highest BCUT2D eigenvalue weighted by Crippen LogP contribution is 2.27. The minimum atomic E-state index is 0.805. The largest absolute Gasteiger partial charge is 0.314 e. The van der Waals surface area contributed by atoms with Crippen LogP contribution in [0.25, 0.3) is 0 Å². The van der Waals surface area contributed by atoms with Gasteiger partial charge in [0.1, 0.15) is 0 Å². The Kier molecular flexibility index (Phi) is 3.42. The zero-order valence-corrected chi connectivity index (χ0v) is 9.15. The molecule has 0 aromatic rings. The topological polar surface area (TPSA) is 26.7 Å². The Morgan fingerprint density at radius 1 is 0.929 bits per heavy atom. The molecule has 0 radical (unpaired) electrons. The lowest BCUT2D eigenvalue weighted by molar-refractivity contribution is -0.123. The minimum absolute atomic E-state index is 0.805. The standard InChI is InChI=1S/C11H22N2O/c1-10-2-4-11(5-3-10)12-6-8-13(14)9-7-12/h10-11,14H,2-9H2,1H3. The molecule has 1 heterocycles. The molecule has 0 aromatic heterocycles. The maximum absolute atomic E-state index is 9.27. The first-order valence-corrected chi connectivity index (χ1v) is 5.93. The first-order valence-electron chi connectivity index (χ1n) is 5.93. The number of hydrogen-bond acceptors (Lipinski definition) is 3. The molecule has 0 atom stereocenters. The molecule has 82 valence electrons. The summed E-state index contributed by atoms with van der Waals surface area (Å²) < 4.78 is 0. The molecule has 0 bridgehead atoms. The maximum atomic E-state index is 9.27. The van der Waals surface area contributed by atoms with Crippen LogP contribution in [0, 0.1) is 5.92 Å². The number of nitrogens with zero attached hydrogens (tertiary/aromatic N) is 2. The van der Waals surface area contributed by atoms with Gasteiger partial charge in [0.15, 0.2) is 0 Å². The first-order chi connectivity index (χ1) is 6.75. The van der Waals surface area contributed by atoms with Crippen LogP contribution in [0.3, 0.4) is 0 Å². The van der Waals surface area contributed by atoms with Crippen LogP contribution in [0.5, 0.6) is 0 Å². The van der Waals surface area contributed by atoms with E-state index in [0.29, 0.717) is 0 Å². The van der Waals surface area contributed by atoms with Crippen LogP contribution in [-0.2, 0) is 0 Å². The van der Waals surface area contributed by atoms with Crippen LogP contribution < -0.4 is 0 Å². The van der Waals surface area contributed by atoms with E-state index in [4.69, 9.17) is 0 Å². The fraction of sp³-hybridized carbons (Fsp3) is 1.00. The fourth-order valence-electron chi connectivity index (χ4n) is 2.68. The summed E-state index contributed by atoms with van der Waals surface area (Å²) in [7, 11) is 0. The highest BCUT2D eigenvalue weighted by atomic mass is 16.5. The molecule has 2 rings (SSSR count). The molecular weight excluding hydrogens is 176 g/mol. The normalized spacial score (nSPS) is 37.3. The number of rotatable bonds is 1. The predicted octanol–water partition coefficient (Wildman–Crippen LogP) is 1.57. The molecular formula is C11H22N2O. The number of hydrogen-bond donors (Lipinski definition) is 1. The number of piperazine rings is 1. The van der Waals surface area contributed by atoms with Crippen molar-refractivity contribution in [1.82, 2.24) is 9.96 Å². The lowest BCUT2D eigenvalue weighted by atomic mass is 9.86. The Hall–Kier alpha value is -0.120. The number of hydroxylamine groups is 2. The van der Waals surface area contributed by atoms with Crippen molar-refractivity contribution in [2.75, 3.05) is 26.2 Å². The Morgan fingerprint density at radius 3 is 2.07 bits per heavy atom. The van der Waals surface area contributed by atoms with Gasteiger partial charge in [0.25, 0.3) is 0 Å². The van der Waals surface area contributed by atoms with E-state index in [2.05, 4.69) is 11.8 Å². The molecule has 3 nitrogen and oxygen atoms in total. The van der Waals surface area contributed by atoms with E-state index in [9.17, 15) is 5.21 Å².